The molecule has 0 aliphatic rings. The van der Waals surface area contributed by atoms with Gasteiger partial charge in [-0.3, -0.25) is 15.1 Å². The van der Waals surface area contributed by atoms with Crippen molar-refractivity contribution in [3.63, 3.8) is 0 Å². The zero-order valence-electron chi connectivity index (χ0n) is 11.0. The minimum atomic E-state index is -1.14. The normalized spacial score (nSPS) is 12.1. The number of anilines is 1. The van der Waals surface area contributed by atoms with Crippen LogP contribution < -0.4 is 5.32 Å². The first-order valence-electron chi connectivity index (χ1n) is 6.16. The molecule has 110 valence electrons. The fourth-order valence-electron chi connectivity index (χ4n) is 2.00. The van der Waals surface area contributed by atoms with Crippen LogP contribution in [0, 0.1) is 15.9 Å². The summed E-state index contributed by atoms with van der Waals surface area (Å²) >= 11 is 0. The number of nitro groups is 1. The van der Waals surface area contributed by atoms with E-state index in [1.54, 1.807) is 6.92 Å². The summed E-state index contributed by atoms with van der Waals surface area (Å²) in [5, 5.41) is 22.7. The number of hydrogen-bond donors (Lipinski definition) is 2. The maximum Gasteiger partial charge on any atom is 0.326 e. The molecule has 1 heterocycles. The van der Waals surface area contributed by atoms with E-state index in [2.05, 4.69) is 10.3 Å². The molecule has 7 nitrogen and oxygen atoms in total. The first-order valence-corrected chi connectivity index (χ1v) is 6.16. The van der Waals surface area contributed by atoms with E-state index >= 15 is 0 Å². The molecule has 2 rings (SSSR count). The Kier molecular flexibility index (Phi) is 3.97. The lowest BCUT2D eigenvalue weighted by Gasteiger charge is -2.15. The van der Waals surface area contributed by atoms with Gasteiger partial charge in [-0.1, -0.05) is 6.92 Å². The predicted molar refractivity (Wildman–Crippen MR) is 73.7 cm³/mol. The van der Waals surface area contributed by atoms with Crippen LogP contribution in [0.3, 0.4) is 0 Å². The van der Waals surface area contributed by atoms with E-state index in [0.717, 1.165) is 6.07 Å². The van der Waals surface area contributed by atoms with E-state index in [1.165, 1.54) is 18.3 Å². The fraction of sp³-hybridized carbons (Fsp3) is 0.231. The SMILES string of the molecule is CCC(Nc1c(F)cc([N+](=O)[O-])c2cccnc12)C(=O)O. The maximum absolute atomic E-state index is 14.1. The van der Waals surface area contributed by atoms with Crippen molar-refractivity contribution in [1.29, 1.82) is 0 Å². The van der Waals surface area contributed by atoms with E-state index in [1.807, 2.05) is 0 Å². The van der Waals surface area contributed by atoms with Crippen LogP contribution >= 0.6 is 0 Å². The second-order valence-electron chi connectivity index (χ2n) is 4.35. The van der Waals surface area contributed by atoms with Crippen LogP contribution in [0.1, 0.15) is 13.3 Å². The summed E-state index contributed by atoms with van der Waals surface area (Å²) in [6, 6.07) is 2.69. The first kappa shape index (κ1) is 14.6. The molecule has 1 unspecified atom stereocenters. The number of rotatable bonds is 5. The number of carbonyl (C=O) groups is 1. The van der Waals surface area contributed by atoms with E-state index in [4.69, 9.17) is 5.11 Å². The molecule has 0 saturated heterocycles. The van der Waals surface area contributed by atoms with Gasteiger partial charge in [-0.15, -0.1) is 0 Å². The number of aliphatic carboxylic acids is 1. The van der Waals surface area contributed by atoms with E-state index in [-0.39, 0.29) is 23.0 Å². The molecule has 0 fully saturated rings. The third kappa shape index (κ3) is 2.73. The average molecular weight is 293 g/mol. The largest absolute Gasteiger partial charge is 0.480 e. The van der Waals surface area contributed by atoms with Gasteiger partial charge in [0.2, 0.25) is 0 Å². The molecule has 0 spiro atoms. The highest BCUT2D eigenvalue weighted by atomic mass is 19.1. The average Bonchev–Trinajstić information content (AvgIpc) is 2.45. The Labute approximate surface area is 118 Å². The van der Waals surface area contributed by atoms with Crippen LogP contribution in [-0.2, 0) is 4.79 Å². The lowest BCUT2D eigenvalue weighted by molar-refractivity contribution is -0.383. The second-order valence-corrected chi connectivity index (χ2v) is 4.35. The molecule has 0 radical (unpaired) electrons. The van der Waals surface area contributed by atoms with Crippen molar-refractivity contribution >= 4 is 28.2 Å². The molecule has 0 saturated carbocycles. The van der Waals surface area contributed by atoms with Gasteiger partial charge in [-0.05, 0) is 18.6 Å². The number of carboxylic acid groups (broad SMARTS) is 1. The number of non-ortho nitro benzene ring substituents is 1. The summed E-state index contributed by atoms with van der Waals surface area (Å²) < 4.78 is 14.1. The Morgan fingerprint density at radius 3 is 2.90 bits per heavy atom. The molecule has 0 bridgehead atoms. The van der Waals surface area contributed by atoms with Crippen LogP contribution in [-0.4, -0.2) is 27.0 Å². The smallest absolute Gasteiger partial charge is 0.326 e. The molecular formula is C13H12FN3O4. The number of fused-ring (bicyclic) bond motifs is 1. The Morgan fingerprint density at radius 1 is 1.62 bits per heavy atom. The molecule has 2 aromatic rings. The third-order valence-corrected chi connectivity index (χ3v) is 3.04. The summed E-state index contributed by atoms with van der Waals surface area (Å²) in [6.07, 6.45) is 1.58. The summed E-state index contributed by atoms with van der Waals surface area (Å²) in [7, 11) is 0. The second kappa shape index (κ2) is 5.70. The molecule has 1 atom stereocenters. The third-order valence-electron chi connectivity index (χ3n) is 3.04. The van der Waals surface area contributed by atoms with Crippen molar-refractivity contribution in [2.75, 3.05) is 5.32 Å². The van der Waals surface area contributed by atoms with Gasteiger partial charge in [-0.2, -0.15) is 0 Å². The lowest BCUT2D eigenvalue weighted by Crippen LogP contribution is -2.29. The van der Waals surface area contributed by atoms with Crippen molar-refractivity contribution in [3.05, 3.63) is 40.3 Å². The summed E-state index contributed by atoms with van der Waals surface area (Å²) in [6.45, 7) is 1.63. The molecule has 0 aliphatic carbocycles. The van der Waals surface area contributed by atoms with Crippen molar-refractivity contribution < 1.29 is 19.2 Å². The minimum absolute atomic E-state index is 0.0314. The zero-order valence-corrected chi connectivity index (χ0v) is 11.0. The van der Waals surface area contributed by atoms with Gasteiger partial charge in [-0.25, -0.2) is 9.18 Å². The van der Waals surface area contributed by atoms with Crippen LogP contribution in [0.2, 0.25) is 0 Å². The Bertz CT molecular complexity index is 720. The number of hydrogen-bond acceptors (Lipinski definition) is 5. The van der Waals surface area contributed by atoms with Gasteiger partial charge in [0.05, 0.1) is 22.1 Å². The summed E-state index contributed by atoms with van der Waals surface area (Å²) in [5.74, 6) is -2.05. The number of benzene rings is 1. The number of pyridine rings is 1. The predicted octanol–water partition coefficient (Wildman–Crippen LogP) is 2.56. The van der Waals surface area contributed by atoms with Crippen molar-refractivity contribution in [2.45, 2.75) is 19.4 Å². The maximum atomic E-state index is 14.1. The molecule has 8 heteroatoms. The Balaban J connectivity index is 2.64. The Hall–Kier alpha value is -2.77. The van der Waals surface area contributed by atoms with E-state index in [0.29, 0.717) is 0 Å². The monoisotopic (exact) mass is 293 g/mol. The van der Waals surface area contributed by atoms with Crippen LogP contribution in [0.5, 0.6) is 0 Å². The topological polar surface area (TPSA) is 105 Å². The standard InChI is InChI=1S/C13H12FN3O4/c1-2-9(13(18)19)16-12-8(14)6-10(17(20)21)7-4-3-5-15-11(7)12/h3-6,9,16H,2H2,1H3,(H,18,19). The zero-order chi connectivity index (χ0) is 15.6. The van der Waals surface area contributed by atoms with Crippen molar-refractivity contribution in [3.8, 4) is 0 Å². The fourth-order valence-corrected chi connectivity index (χ4v) is 2.00. The van der Waals surface area contributed by atoms with Crippen molar-refractivity contribution in [1.82, 2.24) is 4.98 Å². The highest BCUT2D eigenvalue weighted by Crippen LogP contribution is 2.33. The van der Waals surface area contributed by atoms with E-state index < -0.39 is 28.4 Å². The Morgan fingerprint density at radius 2 is 2.33 bits per heavy atom. The van der Waals surface area contributed by atoms with Gasteiger partial charge in [0.15, 0.2) is 5.82 Å². The number of halogens is 1. The number of nitrogens with one attached hydrogen (secondary N) is 1. The number of aromatic nitrogens is 1. The molecule has 0 amide bonds. The van der Waals surface area contributed by atoms with E-state index in [9.17, 15) is 19.3 Å². The summed E-state index contributed by atoms with van der Waals surface area (Å²) in [5.41, 5.74) is -0.529. The van der Waals surface area contributed by atoms with Crippen molar-refractivity contribution in [2.24, 2.45) is 0 Å². The molecule has 1 aromatic carbocycles. The number of carboxylic acids is 1. The molecule has 21 heavy (non-hydrogen) atoms. The molecular weight excluding hydrogens is 281 g/mol. The summed E-state index contributed by atoms with van der Waals surface area (Å²) in [4.78, 5) is 25.2. The molecule has 1 aromatic heterocycles. The minimum Gasteiger partial charge on any atom is -0.480 e. The van der Waals surface area contributed by atoms with Gasteiger partial charge in [0.1, 0.15) is 11.6 Å². The highest BCUT2D eigenvalue weighted by molar-refractivity contribution is 5.98. The number of nitro benzene ring substituents is 1. The lowest BCUT2D eigenvalue weighted by atomic mass is 10.1. The van der Waals surface area contributed by atoms with Crippen LogP contribution in [0.25, 0.3) is 10.9 Å². The van der Waals surface area contributed by atoms with Crippen LogP contribution in [0.15, 0.2) is 24.4 Å². The van der Waals surface area contributed by atoms with Gasteiger partial charge >= 0.3 is 5.97 Å². The quantitative estimate of drug-likeness (QED) is 0.648. The van der Waals surface area contributed by atoms with Gasteiger partial charge in [0, 0.05) is 6.20 Å². The van der Waals surface area contributed by atoms with Gasteiger partial charge in [0.25, 0.3) is 5.69 Å². The number of nitrogens with zero attached hydrogens (tertiary/aromatic N) is 2. The van der Waals surface area contributed by atoms with Crippen LogP contribution in [0.4, 0.5) is 15.8 Å². The first-order chi connectivity index (χ1) is 9.95. The molecule has 2 N–H and O–H groups in total. The highest BCUT2D eigenvalue weighted by Gasteiger charge is 2.23. The molecule has 0 aliphatic heterocycles. The van der Waals surface area contributed by atoms with Gasteiger partial charge < -0.3 is 10.4 Å².